The number of benzene rings is 2. The van der Waals surface area contributed by atoms with Crippen LogP contribution in [0.5, 0.6) is 0 Å². The quantitative estimate of drug-likeness (QED) is 0.403. The molecule has 0 radical (unpaired) electrons. The summed E-state index contributed by atoms with van der Waals surface area (Å²) in [5, 5.41) is 3.69. The van der Waals surface area contributed by atoms with Gasteiger partial charge in [-0.3, -0.25) is 4.79 Å². The first-order valence-electron chi connectivity index (χ1n) is 8.84. The maximum atomic E-state index is 14.2. The minimum atomic E-state index is -1.32. The van der Waals surface area contributed by atoms with Crippen molar-refractivity contribution >= 4 is 17.7 Å². The summed E-state index contributed by atoms with van der Waals surface area (Å²) in [6.07, 6.45) is 0.591. The lowest BCUT2D eigenvalue weighted by atomic mass is 9.95. The standard InChI is InChI=1S/C21H19F2NO5/c1-27-19(25)18(24-28-2)14-7-4-3-6-13(14)12-29-20(26)21(10-11-21)17-15(22)8-5-9-16(17)23/h3-9H,10-12H2,1-2H3. The Morgan fingerprint density at radius 1 is 1.03 bits per heavy atom. The zero-order valence-corrected chi connectivity index (χ0v) is 15.9. The number of hydrogen-bond acceptors (Lipinski definition) is 6. The average Bonchev–Trinajstić information content (AvgIpc) is 3.51. The van der Waals surface area contributed by atoms with E-state index in [2.05, 4.69) is 5.16 Å². The molecule has 2 aromatic rings. The molecule has 2 aromatic carbocycles. The Morgan fingerprint density at radius 3 is 2.28 bits per heavy atom. The van der Waals surface area contributed by atoms with Crippen molar-refractivity contribution in [1.82, 2.24) is 0 Å². The lowest BCUT2D eigenvalue weighted by Crippen LogP contribution is -2.26. The Morgan fingerprint density at radius 2 is 1.69 bits per heavy atom. The predicted molar refractivity (Wildman–Crippen MR) is 99.1 cm³/mol. The molecule has 8 heteroatoms. The van der Waals surface area contributed by atoms with Crippen molar-refractivity contribution in [3.8, 4) is 0 Å². The lowest BCUT2D eigenvalue weighted by molar-refractivity contribution is -0.148. The molecule has 1 aliphatic rings. The largest absolute Gasteiger partial charge is 0.464 e. The van der Waals surface area contributed by atoms with Gasteiger partial charge in [0.05, 0.1) is 12.5 Å². The fraction of sp³-hybridized carbons (Fsp3) is 0.286. The van der Waals surface area contributed by atoms with Gasteiger partial charge in [0.15, 0.2) is 5.71 Å². The van der Waals surface area contributed by atoms with Crippen LogP contribution >= 0.6 is 0 Å². The van der Waals surface area contributed by atoms with Crippen LogP contribution in [0.1, 0.15) is 29.5 Å². The van der Waals surface area contributed by atoms with Gasteiger partial charge in [0.25, 0.3) is 0 Å². The fourth-order valence-electron chi connectivity index (χ4n) is 3.18. The van der Waals surface area contributed by atoms with Gasteiger partial charge in [0, 0.05) is 11.1 Å². The van der Waals surface area contributed by atoms with Gasteiger partial charge in [-0.25, -0.2) is 13.6 Å². The normalized spacial score (nSPS) is 14.8. The van der Waals surface area contributed by atoms with Gasteiger partial charge in [-0.15, -0.1) is 0 Å². The SMILES string of the molecule is CON=C(C(=O)OC)c1ccccc1COC(=O)C1(c2c(F)cccc2F)CC1. The van der Waals surface area contributed by atoms with Gasteiger partial charge in [-0.1, -0.05) is 35.5 Å². The number of ether oxygens (including phenoxy) is 2. The number of nitrogens with zero attached hydrogens (tertiary/aromatic N) is 1. The minimum Gasteiger partial charge on any atom is -0.464 e. The molecule has 0 atom stereocenters. The van der Waals surface area contributed by atoms with E-state index < -0.39 is 29.0 Å². The van der Waals surface area contributed by atoms with Crippen LogP contribution in [-0.4, -0.2) is 31.9 Å². The molecular weight excluding hydrogens is 384 g/mol. The number of esters is 2. The highest BCUT2D eigenvalue weighted by molar-refractivity contribution is 6.43. The first-order valence-corrected chi connectivity index (χ1v) is 8.84. The van der Waals surface area contributed by atoms with Gasteiger partial charge in [0.2, 0.25) is 0 Å². The molecule has 1 saturated carbocycles. The van der Waals surface area contributed by atoms with Gasteiger partial charge in [-0.2, -0.15) is 0 Å². The molecule has 0 spiro atoms. The third-order valence-corrected chi connectivity index (χ3v) is 4.77. The molecular formula is C21H19F2NO5. The zero-order valence-electron chi connectivity index (χ0n) is 15.9. The maximum absolute atomic E-state index is 14.2. The van der Waals surface area contributed by atoms with Crippen LogP contribution in [0.25, 0.3) is 0 Å². The highest BCUT2D eigenvalue weighted by Gasteiger charge is 2.55. The van der Waals surface area contributed by atoms with E-state index >= 15 is 0 Å². The Kier molecular flexibility index (Phi) is 5.91. The summed E-state index contributed by atoms with van der Waals surface area (Å²) in [4.78, 5) is 29.4. The third kappa shape index (κ3) is 3.96. The molecule has 152 valence electrons. The Hall–Kier alpha value is -3.29. The number of carbonyl (C=O) groups is 2. The Balaban J connectivity index is 1.83. The number of hydrogen-bond donors (Lipinski definition) is 0. The minimum absolute atomic E-state index is 0.0945. The van der Waals surface area contributed by atoms with Crippen molar-refractivity contribution in [2.24, 2.45) is 5.16 Å². The van der Waals surface area contributed by atoms with Crippen LogP contribution in [0.3, 0.4) is 0 Å². The summed E-state index contributed by atoms with van der Waals surface area (Å²) in [6, 6.07) is 10.1. The van der Waals surface area contributed by atoms with E-state index in [-0.39, 0.29) is 17.9 Å². The number of methoxy groups -OCH3 is 1. The average molecular weight is 403 g/mol. The molecule has 29 heavy (non-hydrogen) atoms. The van der Waals surface area contributed by atoms with Crippen LogP contribution in [0.15, 0.2) is 47.6 Å². The van der Waals surface area contributed by atoms with Crippen LogP contribution in [-0.2, 0) is 35.9 Å². The van der Waals surface area contributed by atoms with E-state index in [1.54, 1.807) is 24.3 Å². The molecule has 6 nitrogen and oxygen atoms in total. The summed E-state index contributed by atoms with van der Waals surface area (Å²) in [5.41, 5.74) is -0.865. The van der Waals surface area contributed by atoms with Crippen LogP contribution in [0.2, 0.25) is 0 Å². The molecule has 1 fully saturated rings. The number of halogens is 2. The molecule has 0 unspecified atom stereocenters. The van der Waals surface area contributed by atoms with Crippen LogP contribution < -0.4 is 0 Å². The smallest absolute Gasteiger partial charge is 0.360 e. The predicted octanol–water partition coefficient (Wildman–Crippen LogP) is 3.26. The molecule has 0 aliphatic heterocycles. The van der Waals surface area contributed by atoms with E-state index in [1.807, 2.05) is 0 Å². The second-order valence-electron chi connectivity index (χ2n) is 6.53. The number of oxime groups is 1. The number of carbonyl (C=O) groups excluding carboxylic acids is 2. The first kappa shape index (κ1) is 20.4. The van der Waals surface area contributed by atoms with E-state index in [0.29, 0.717) is 24.0 Å². The first-order chi connectivity index (χ1) is 13.9. The fourth-order valence-corrected chi connectivity index (χ4v) is 3.18. The zero-order chi connectivity index (χ0) is 21.0. The molecule has 0 bridgehead atoms. The second-order valence-corrected chi connectivity index (χ2v) is 6.53. The lowest BCUT2D eigenvalue weighted by Gasteiger charge is -2.17. The molecule has 3 rings (SSSR count). The highest BCUT2D eigenvalue weighted by Crippen LogP contribution is 2.51. The van der Waals surface area contributed by atoms with E-state index in [0.717, 1.165) is 12.1 Å². The molecule has 0 amide bonds. The van der Waals surface area contributed by atoms with Crippen molar-refractivity contribution < 1.29 is 32.7 Å². The molecule has 0 heterocycles. The number of rotatable bonds is 7. The molecule has 0 saturated heterocycles. The monoisotopic (exact) mass is 403 g/mol. The van der Waals surface area contributed by atoms with Gasteiger partial charge >= 0.3 is 11.9 Å². The molecule has 1 aliphatic carbocycles. The topological polar surface area (TPSA) is 74.2 Å². The maximum Gasteiger partial charge on any atom is 0.360 e. The van der Waals surface area contributed by atoms with Gasteiger partial charge < -0.3 is 14.3 Å². The summed E-state index contributed by atoms with van der Waals surface area (Å²) in [6.45, 7) is -0.216. The van der Waals surface area contributed by atoms with Crippen LogP contribution in [0.4, 0.5) is 8.78 Å². The second kappa shape index (κ2) is 8.38. The van der Waals surface area contributed by atoms with Crippen LogP contribution in [0, 0.1) is 11.6 Å². The third-order valence-electron chi connectivity index (χ3n) is 4.77. The summed E-state index contributed by atoms with van der Waals surface area (Å²) in [5.74, 6) is -3.00. The summed E-state index contributed by atoms with van der Waals surface area (Å²) >= 11 is 0. The highest BCUT2D eigenvalue weighted by atomic mass is 19.1. The van der Waals surface area contributed by atoms with E-state index in [1.165, 1.54) is 20.3 Å². The summed E-state index contributed by atoms with van der Waals surface area (Å²) in [7, 11) is 2.49. The Labute approximate surface area is 166 Å². The van der Waals surface area contributed by atoms with Crippen molar-refractivity contribution in [2.75, 3.05) is 14.2 Å². The van der Waals surface area contributed by atoms with E-state index in [9.17, 15) is 18.4 Å². The van der Waals surface area contributed by atoms with Crippen molar-refractivity contribution in [1.29, 1.82) is 0 Å². The van der Waals surface area contributed by atoms with Gasteiger partial charge in [-0.05, 0) is 30.5 Å². The molecule has 0 N–H and O–H groups in total. The van der Waals surface area contributed by atoms with Crippen molar-refractivity contribution in [3.63, 3.8) is 0 Å². The summed E-state index contributed by atoms with van der Waals surface area (Å²) < 4.78 is 38.4. The van der Waals surface area contributed by atoms with E-state index in [4.69, 9.17) is 14.3 Å². The Bertz CT molecular complexity index is 949. The van der Waals surface area contributed by atoms with Crippen molar-refractivity contribution in [3.05, 3.63) is 70.8 Å². The van der Waals surface area contributed by atoms with Gasteiger partial charge in [0.1, 0.15) is 25.4 Å². The van der Waals surface area contributed by atoms with Crippen molar-refractivity contribution in [2.45, 2.75) is 24.9 Å². The molecule has 0 aromatic heterocycles.